The molecule has 1 atom stereocenters. The number of benzene rings is 4. The van der Waals surface area contributed by atoms with Gasteiger partial charge in [-0.15, -0.1) is 39.7 Å². The maximum absolute atomic E-state index is 3.46. The zero-order chi connectivity index (χ0) is 29.2. The molecule has 0 saturated heterocycles. The van der Waals surface area contributed by atoms with E-state index in [4.69, 9.17) is 0 Å². The summed E-state index contributed by atoms with van der Waals surface area (Å²) in [4.78, 5) is 0. The monoisotopic (exact) mass is 704 g/mol. The molecule has 5 aliphatic carbocycles. The van der Waals surface area contributed by atoms with Gasteiger partial charge in [0, 0.05) is 0 Å². The number of fused-ring (bicyclic) bond motifs is 3. The molecule has 10 rings (SSSR count). The van der Waals surface area contributed by atoms with E-state index in [1.54, 1.807) is 12.0 Å². The molecule has 4 bridgehead atoms. The summed E-state index contributed by atoms with van der Waals surface area (Å²) < 4.78 is 1.42. The van der Waals surface area contributed by atoms with Crippen LogP contribution in [-0.4, -0.2) is 3.21 Å². The maximum Gasteiger partial charge on any atom is -0.0771 e. The third kappa shape index (κ3) is 7.59. The van der Waals surface area contributed by atoms with E-state index >= 15 is 0 Å². The van der Waals surface area contributed by atoms with Gasteiger partial charge in [0.2, 0.25) is 0 Å². The van der Waals surface area contributed by atoms with Gasteiger partial charge in [-0.25, -0.2) is 6.08 Å². The van der Waals surface area contributed by atoms with Gasteiger partial charge in [-0.2, -0.15) is 11.6 Å². The van der Waals surface area contributed by atoms with E-state index in [0.29, 0.717) is 5.92 Å². The van der Waals surface area contributed by atoms with E-state index in [2.05, 4.69) is 140 Å². The Morgan fingerprint density at radius 2 is 1.07 bits per heavy atom. The van der Waals surface area contributed by atoms with Crippen molar-refractivity contribution in [1.82, 2.24) is 0 Å². The minimum absolute atomic E-state index is 0. The van der Waals surface area contributed by atoms with Gasteiger partial charge in [-0.05, 0) is 55.8 Å². The minimum atomic E-state index is 0. The van der Waals surface area contributed by atoms with E-state index < -0.39 is 0 Å². The van der Waals surface area contributed by atoms with Crippen LogP contribution in [0.1, 0.15) is 50.2 Å². The molecule has 5 aromatic carbocycles. The van der Waals surface area contributed by atoms with Crippen LogP contribution in [0.4, 0.5) is 0 Å². The second-order valence-corrected chi connectivity index (χ2v) is 14.4. The third-order valence-corrected chi connectivity index (χ3v) is 11.6. The van der Waals surface area contributed by atoms with Crippen LogP contribution in [0.15, 0.2) is 133 Å². The van der Waals surface area contributed by atoms with Gasteiger partial charge < -0.3 is 24.8 Å². The molecule has 3 heteroatoms. The van der Waals surface area contributed by atoms with Crippen molar-refractivity contribution in [2.75, 3.05) is 0 Å². The molecule has 228 valence electrons. The van der Waals surface area contributed by atoms with Crippen LogP contribution in [0, 0.1) is 41.6 Å². The molecule has 4 fully saturated rings. The molecular weight excluding hydrogens is 667 g/mol. The summed E-state index contributed by atoms with van der Waals surface area (Å²) in [5, 5.41) is 5.39. The zero-order valence-electron chi connectivity index (χ0n) is 25.9. The van der Waals surface area contributed by atoms with Crippen molar-refractivity contribution < 1.29 is 49.0 Å². The SMILES string of the molecule is CC1[C-]=CC(C2C3CC4CC(C3)CC2C4)=C1.[Cl-].[Cl-].[Zr+2]=[C](c1ccccc1)c1ccccc1.c1ccc2c(c1)[cH-]c1ccccc12. The van der Waals surface area contributed by atoms with Gasteiger partial charge in [0.05, 0.1) is 0 Å². The van der Waals surface area contributed by atoms with Gasteiger partial charge in [0.15, 0.2) is 0 Å². The molecule has 1 unspecified atom stereocenters. The van der Waals surface area contributed by atoms with Crippen LogP contribution >= 0.6 is 0 Å². The molecule has 0 N–H and O–H groups in total. The Hall–Kier alpha value is -2.44. The van der Waals surface area contributed by atoms with E-state index in [-0.39, 0.29) is 24.8 Å². The summed E-state index contributed by atoms with van der Waals surface area (Å²) in [6.07, 6.45) is 16.0. The fraction of sp³-hybridized carbons (Fsp3) is 0.286. The van der Waals surface area contributed by atoms with Crippen molar-refractivity contribution in [3.63, 3.8) is 0 Å². The van der Waals surface area contributed by atoms with Crippen LogP contribution < -0.4 is 24.8 Å². The summed E-state index contributed by atoms with van der Waals surface area (Å²) in [7, 11) is 0. The number of halogens is 2. The largest absolute Gasteiger partial charge is 0.126 e. The number of hydrogen-bond donors (Lipinski definition) is 0. The Balaban J connectivity index is 0.000000131. The first-order valence-electron chi connectivity index (χ1n) is 16.2. The standard InChI is InChI=1S/C16H21.C13H9.C13H10.2ClH.Zr/c1-10-2-3-13(4-10)16-14-6-11-5-12(8-14)9-15(16)7-11;1-3-7-12-10(5-1)9-11-6-2-4-8-13(11)12;1-3-7-12(8-4-1)11-13-9-5-2-6-10-13;;;/h3-4,10-12,14-16H,5-9H2,1H3;1-9H;1-10H;2*1H;/q2*-1;;;;+2/p-2. The van der Waals surface area contributed by atoms with E-state index in [0.717, 1.165) is 29.6 Å². The van der Waals surface area contributed by atoms with Crippen LogP contribution in [0.3, 0.4) is 0 Å². The average molecular weight is 707 g/mol. The summed E-state index contributed by atoms with van der Waals surface area (Å²) in [5.74, 6) is 5.77. The molecule has 5 aliphatic rings. The van der Waals surface area contributed by atoms with E-state index in [9.17, 15) is 0 Å². The number of allylic oxidation sites excluding steroid dienone is 4. The number of rotatable bonds is 3. The Morgan fingerprint density at radius 3 is 1.51 bits per heavy atom. The summed E-state index contributed by atoms with van der Waals surface area (Å²) >= 11 is 1.46. The first-order valence-corrected chi connectivity index (χ1v) is 17.4. The molecule has 4 saturated carbocycles. The first-order chi connectivity index (χ1) is 21.1. The van der Waals surface area contributed by atoms with Crippen molar-refractivity contribution in [1.29, 1.82) is 0 Å². The van der Waals surface area contributed by atoms with E-state index in [1.165, 1.54) is 85.8 Å². The molecule has 0 radical (unpaired) electrons. The van der Waals surface area contributed by atoms with Gasteiger partial charge in [-0.1, -0.05) is 55.2 Å². The molecule has 45 heavy (non-hydrogen) atoms. The molecule has 0 aliphatic heterocycles. The molecule has 0 amide bonds. The fourth-order valence-electron chi connectivity index (χ4n) is 8.57. The Morgan fingerprint density at radius 1 is 0.622 bits per heavy atom. The van der Waals surface area contributed by atoms with Gasteiger partial charge in [-0.3, -0.25) is 6.08 Å². The number of hydrogen-bond acceptors (Lipinski definition) is 0. The Bertz CT molecular complexity index is 1640. The normalized spacial score (nSPS) is 25.3. The molecule has 0 nitrogen and oxygen atoms in total. The fourth-order valence-corrected chi connectivity index (χ4v) is 9.39. The molecule has 0 spiro atoms. The summed E-state index contributed by atoms with van der Waals surface area (Å²) in [6, 6.07) is 40.4. The Labute approximate surface area is 296 Å². The molecule has 0 heterocycles. The topological polar surface area (TPSA) is 0 Å². The molecule has 5 aromatic rings. The molecular formula is C42H40Cl2Zr-2. The van der Waals surface area contributed by atoms with Gasteiger partial charge in [0.1, 0.15) is 0 Å². The predicted molar refractivity (Wildman–Crippen MR) is 179 cm³/mol. The summed E-state index contributed by atoms with van der Waals surface area (Å²) in [6.45, 7) is 2.26. The van der Waals surface area contributed by atoms with Crippen LogP contribution in [0.5, 0.6) is 0 Å². The molecule has 0 aromatic heterocycles. The maximum atomic E-state index is 3.46. The second kappa shape index (κ2) is 15.4. The first kappa shape index (κ1) is 33.9. The van der Waals surface area contributed by atoms with Crippen LogP contribution in [-0.2, 0) is 24.2 Å². The van der Waals surface area contributed by atoms with Gasteiger partial charge in [0.25, 0.3) is 0 Å². The smallest absolute Gasteiger partial charge is 0.0771 e. The predicted octanol–water partition coefficient (Wildman–Crippen LogP) is 4.52. The zero-order valence-corrected chi connectivity index (χ0v) is 29.8. The quantitative estimate of drug-likeness (QED) is 0.243. The minimum Gasteiger partial charge on any atom is -0.126 e. The van der Waals surface area contributed by atoms with Crippen LogP contribution in [0.25, 0.3) is 21.5 Å². The van der Waals surface area contributed by atoms with Crippen LogP contribution in [0.2, 0.25) is 0 Å². The third-order valence-electron chi connectivity index (χ3n) is 10.2. The second-order valence-electron chi connectivity index (χ2n) is 13.1. The van der Waals surface area contributed by atoms with Crippen molar-refractivity contribution in [2.45, 2.75) is 39.0 Å². The van der Waals surface area contributed by atoms with Crippen molar-refractivity contribution in [2.24, 2.45) is 35.5 Å². The van der Waals surface area contributed by atoms with E-state index in [1.807, 2.05) is 0 Å². The average Bonchev–Trinajstić information content (AvgIpc) is 3.65. The van der Waals surface area contributed by atoms with Crippen molar-refractivity contribution in [3.05, 3.63) is 150 Å². The van der Waals surface area contributed by atoms with Crippen molar-refractivity contribution >= 4 is 24.8 Å². The van der Waals surface area contributed by atoms with Crippen molar-refractivity contribution in [3.8, 4) is 0 Å². The Kier molecular flexibility index (Phi) is 11.6. The summed E-state index contributed by atoms with van der Waals surface area (Å²) in [5.41, 5.74) is 4.31. The van der Waals surface area contributed by atoms with Gasteiger partial charge >= 0.3 is 99.2 Å².